The van der Waals surface area contributed by atoms with Crippen molar-refractivity contribution in [2.24, 2.45) is 0 Å². The van der Waals surface area contributed by atoms with Crippen LogP contribution in [-0.2, 0) is 4.74 Å². The van der Waals surface area contributed by atoms with Crippen LogP contribution in [0.4, 0.5) is 0 Å². The fraction of sp³-hybridized carbons (Fsp3) is 0.300. The Morgan fingerprint density at radius 3 is 2.30 bits per heavy atom. The number of fused-ring (bicyclic) bond motifs is 2. The number of carbonyl (C=O) groups is 2. The van der Waals surface area contributed by atoms with Gasteiger partial charge >= 0.3 is 0 Å². The minimum Gasteiger partial charge on any atom is -0.508 e. The van der Waals surface area contributed by atoms with Gasteiger partial charge in [0, 0.05) is 17.2 Å². The van der Waals surface area contributed by atoms with Gasteiger partial charge < -0.3 is 25.2 Å². The minimum atomic E-state index is -0.750. The molecule has 1 heterocycles. The Bertz CT molecular complexity index is 993. The van der Waals surface area contributed by atoms with Gasteiger partial charge in [-0.1, -0.05) is 0 Å². The number of aromatic hydroxyl groups is 4. The van der Waals surface area contributed by atoms with E-state index in [9.17, 15) is 30.0 Å². The maximum Gasteiger partial charge on any atom is 0.201 e. The maximum atomic E-state index is 12.9. The molecule has 2 aliphatic rings. The van der Waals surface area contributed by atoms with Crippen molar-refractivity contribution in [3.63, 3.8) is 0 Å². The standard InChI is InChI=1S/C20H18O7/c1-8-3-2-4-14(27-8)17-13(23)7-11-16(20(17)26)19(25)15-10(18(11)24)5-9(21)6-12(15)22/h5-8,14,21-23,26H,2-4H2,1H3/t8-,14+/m0/s1. The van der Waals surface area contributed by atoms with Gasteiger partial charge in [-0.15, -0.1) is 0 Å². The average Bonchev–Trinajstić information content (AvgIpc) is 2.58. The molecule has 1 saturated heterocycles. The highest BCUT2D eigenvalue weighted by molar-refractivity contribution is 6.30. The van der Waals surface area contributed by atoms with Crippen LogP contribution in [0.1, 0.15) is 69.7 Å². The molecule has 0 aromatic heterocycles. The topological polar surface area (TPSA) is 124 Å². The Kier molecular flexibility index (Phi) is 3.85. The molecule has 0 saturated carbocycles. The van der Waals surface area contributed by atoms with Crippen LogP contribution in [-0.4, -0.2) is 38.1 Å². The van der Waals surface area contributed by atoms with Crippen molar-refractivity contribution < 1.29 is 34.8 Å². The highest BCUT2D eigenvalue weighted by atomic mass is 16.5. The number of phenols is 4. The summed E-state index contributed by atoms with van der Waals surface area (Å²) < 4.78 is 5.80. The van der Waals surface area contributed by atoms with Crippen LogP contribution in [0.3, 0.4) is 0 Å². The number of hydrogen-bond donors (Lipinski definition) is 4. The largest absolute Gasteiger partial charge is 0.508 e. The predicted octanol–water partition coefficient (Wildman–Crippen LogP) is 2.91. The lowest BCUT2D eigenvalue weighted by atomic mass is 9.80. The van der Waals surface area contributed by atoms with Gasteiger partial charge in [0.15, 0.2) is 5.78 Å². The van der Waals surface area contributed by atoms with Crippen LogP contribution in [0.5, 0.6) is 23.0 Å². The second-order valence-corrected chi connectivity index (χ2v) is 6.99. The molecule has 1 aliphatic carbocycles. The molecule has 0 bridgehead atoms. The van der Waals surface area contributed by atoms with Crippen molar-refractivity contribution in [1.82, 2.24) is 0 Å². The molecular weight excluding hydrogens is 352 g/mol. The molecule has 1 fully saturated rings. The van der Waals surface area contributed by atoms with Gasteiger partial charge in [-0.25, -0.2) is 0 Å². The van der Waals surface area contributed by atoms with Gasteiger partial charge in [0.05, 0.1) is 28.9 Å². The summed E-state index contributed by atoms with van der Waals surface area (Å²) in [5, 5.41) is 40.9. The first-order valence-corrected chi connectivity index (χ1v) is 8.69. The number of ether oxygens (including phenoxy) is 1. The quantitative estimate of drug-likeness (QED) is 0.519. The second-order valence-electron chi connectivity index (χ2n) is 6.99. The van der Waals surface area contributed by atoms with E-state index in [4.69, 9.17) is 4.74 Å². The minimum absolute atomic E-state index is 0.0661. The third-order valence-electron chi connectivity index (χ3n) is 5.16. The molecule has 0 spiro atoms. The molecule has 2 aromatic carbocycles. The Hall–Kier alpha value is -3.06. The molecule has 0 amide bonds. The van der Waals surface area contributed by atoms with Crippen molar-refractivity contribution in [3.8, 4) is 23.0 Å². The van der Waals surface area contributed by atoms with Crippen molar-refractivity contribution in [1.29, 1.82) is 0 Å². The summed E-state index contributed by atoms with van der Waals surface area (Å²) in [7, 11) is 0. The van der Waals surface area contributed by atoms with Gasteiger partial charge in [-0.3, -0.25) is 9.59 Å². The first-order valence-electron chi connectivity index (χ1n) is 8.69. The normalized spacial score (nSPS) is 21.7. The zero-order valence-electron chi connectivity index (χ0n) is 14.5. The Balaban J connectivity index is 1.92. The zero-order chi connectivity index (χ0) is 19.5. The smallest absolute Gasteiger partial charge is 0.201 e. The van der Waals surface area contributed by atoms with E-state index < -0.39 is 29.2 Å². The van der Waals surface area contributed by atoms with Crippen LogP contribution in [0.15, 0.2) is 18.2 Å². The molecule has 2 atom stereocenters. The van der Waals surface area contributed by atoms with E-state index >= 15 is 0 Å². The van der Waals surface area contributed by atoms with Crippen LogP contribution >= 0.6 is 0 Å². The molecule has 140 valence electrons. The highest BCUT2D eigenvalue weighted by Crippen LogP contribution is 2.47. The first kappa shape index (κ1) is 17.4. The molecule has 7 nitrogen and oxygen atoms in total. The van der Waals surface area contributed by atoms with Crippen LogP contribution < -0.4 is 0 Å². The molecule has 4 rings (SSSR count). The summed E-state index contributed by atoms with van der Waals surface area (Å²) in [6.45, 7) is 1.88. The van der Waals surface area contributed by atoms with E-state index in [0.29, 0.717) is 6.42 Å². The lowest BCUT2D eigenvalue weighted by Crippen LogP contribution is -2.24. The molecule has 2 aromatic rings. The highest BCUT2D eigenvalue weighted by Gasteiger charge is 2.38. The van der Waals surface area contributed by atoms with E-state index in [0.717, 1.165) is 31.0 Å². The zero-order valence-corrected chi connectivity index (χ0v) is 14.5. The Morgan fingerprint density at radius 2 is 1.59 bits per heavy atom. The van der Waals surface area contributed by atoms with Crippen molar-refractivity contribution in [3.05, 3.63) is 46.0 Å². The van der Waals surface area contributed by atoms with Crippen molar-refractivity contribution in [2.45, 2.75) is 38.4 Å². The monoisotopic (exact) mass is 370 g/mol. The summed E-state index contributed by atoms with van der Waals surface area (Å²) in [5.74, 6) is -3.20. The summed E-state index contributed by atoms with van der Waals surface area (Å²) >= 11 is 0. The van der Waals surface area contributed by atoms with Gasteiger partial charge in [0.25, 0.3) is 0 Å². The van der Waals surface area contributed by atoms with Crippen molar-refractivity contribution >= 4 is 11.6 Å². The summed E-state index contributed by atoms with van der Waals surface area (Å²) in [5.41, 5.74) is -0.847. The molecule has 1 aliphatic heterocycles. The maximum absolute atomic E-state index is 12.9. The molecule has 4 N–H and O–H groups in total. The first-order chi connectivity index (χ1) is 12.8. The number of rotatable bonds is 1. The predicted molar refractivity (Wildman–Crippen MR) is 93.5 cm³/mol. The average molecular weight is 370 g/mol. The van der Waals surface area contributed by atoms with E-state index in [2.05, 4.69) is 0 Å². The molecule has 7 heteroatoms. The molecule has 0 unspecified atom stereocenters. The number of carbonyl (C=O) groups excluding carboxylic acids is 2. The number of hydrogen-bond acceptors (Lipinski definition) is 7. The molecular formula is C20H18O7. The fourth-order valence-electron chi connectivity index (χ4n) is 3.92. The van der Waals surface area contributed by atoms with Gasteiger partial charge in [-0.2, -0.15) is 0 Å². The van der Waals surface area contributed by atoms with Gasteiger partial charge in [0.1, 0.15) is 23.0 Å². The summed E-state index contributed by atoms with van der Waals surface area (Å²) in [6.07, 6.45) is 1.57. The lowest BCUT2D eigenvalue weighted by molar-refractivity contribution is -0.0433. The van der Waals surface area contributed by atoms with Crippen LogP contribution in [0.2, 0.25) is 0 Å². The van der Waals surface area contributed by atoms with Gasteiger partial charge in [-0.05, 0) is 38.3 Å². The molecule has 0 radical (unpaired) electrons. The van der Waals surface area contributed by atoms with E-state index in [1.165, 1.54) is 0 Å². The second kappa shape index (κ2) is 5.99. The van der Waals surface area contributed by atoms with Crippen molar-refractivity contribution in [2.75, 3.05) is 0 Å². The van der Waals surface area contributed by atoms with Crippen LogP contribution in [0, 0.1) is 0 Å². The van der Waals surface area contributed by atoms with Gasteiger partial charge in [0.2, 0.25) is 5.78 Å². The molecule has 27 heavy (non-hydrogen) atoms. The third kappa shape index (κ3) is 2.54. The van der Waals surface area contributed by atoms with E-state index in [1.54, 1.807) is 0 Å². The Morgan fingerprint density at radius 1 is 0.889 bits per heavy atom. The Labute approximate surface area is 154 Å². The van der Waals surface area contributed by atoms with E-state index in [1.807, 2.05) is 6.92 Å². The SMILES string of the molecule is C[C@H]1CCC[C@H](c2c(O)cc3c(c2O)C(=O)c2c(O)cc(O)cc2C3=O)O1. The fourth-order valence-corrected chi connectivity index (χ4v) is 3.92. The lowest BCUT2D eigenvalue weighted by Gasteiger charge is -2.30. The third-order valence-corrected chi connectivity index (χ3v) is 5.16. The number of ketones is 2. The summed E-state index contributed by atoms with van der Waals surface area (Å²) in [4.78, 5) is 25.7. The van der Waals surface area contributed by atoms with Crippen LogP contribution in [0.25, 0.3) is 0 Å². The summed E-state index contributed by atoms with van der Waals surface area (Å²) in [6, 6.07) is 3.17. The van der Waals surface area contributed by atoms with E-state index in [-0.39, 0.29) is 45.4 Å². The number of benzene rings is 2. The number of phenolic OH excluding ortho intramolecular Hbond substituents is 4.